The van der Waals surface area contributed by atoms with Crippen LogP contribution in [0.1, 0.15) is 11.3 Å². The topological polar surface area (TPSA) is 77.8 Å². The predicted octanol–water partition coefficient (Wildman–Crippen LogP) is 1.42. The maximum Gasteiger partial charge on any atom is 0.118 e. The van der Waals surface area contributed by atoms with E-state index in [1.807, 2.05) is 29.1 Å². The number of hydrogen-bond donors (Lipinski definition) is 1. The lowest BCUT2D eigenvalue weighted by Crippen LogP contribution is -2.36. The van der Waals surface area contributed by atoms with Crippen molar-refractivity contribution in [1.29, 1.82) is 0 Å². The van der Waals surface area contributed by atoms with Crippen molar-refractivity contribution in [3.8, 4) is 11.3 Å². The van der Waals surface area contributed by atoms with Crippen molar-refractivity contribution in [1.82, 2.24) is 30.3 Å². The fourth-order valence-corrected chi connectivity index (χ4v) is 2.80. The summed E-state index contributed by atoms with van der Waals surface area (Å²) in [7, 11) is 0. The van der Waals surface area contributed by atoms with Gasteiger partial charge in [-0.2, -0.15) is 0 Å². The second-order valence-corrected chi connectivity index (χ2v) is 5.73. The highest BCUT2D eigenvalue weighted by Crippen LogP contribution is 2.24. The first-order valence-electron chi connectivity index (χ1n) is 7.94. The van der Waals surface area contributed by atoms with E-state index >= 15 is 0 Å². The summed E-state index contributed by atoms with van der Waals surface area (Å²) < 4.78 is 7.91. The van der Waals surface area contributed by atoms with Crippen molar-refractivity contribution in [2.75, 3.05) is 6.54 Å². The maximum atomic E-state index is 5.97. The molecule has 0 radical (unpaired) electrons. The molecule has 3 aromatic heterocycles. The average Bonchev–Trinajstić information content (AvgIpc) is 3.07. The van der Waals surface area contributed by atoms with E-state index in [4.69, 9.17) is 4.74 Å². The Kier molecular flexibility index (Phi) is 4.26. The van der Waals surface area contributed by atoms with Gasteiger partial charge in [-0.15, -0.1) is 5.10 Å². The molecule has 122 valence electrons. The summed E-state index contributed by atoms with van der Waals surface area (Å²) in [5.41, 5.74) is 4.07. The van der Waals surface area contributed by atoms with Gasteiger partial charge in [0.05, 0.1) is 24.9 Å². The molecule has 7 nitrogen and oxygen atoms in total. The molecule has 4 rings (SSSR count). The van der Waals surface area contributed by atoms with Gasteiger partial charge in [-0.1, -0.05) is 11.3 Å². The van der Waals surface area contributed by atoms with Crippen LogP contribution in [0.4, 0.5) is 0 Å². The van der Waals surface area contributed by atoms with E-state index in [1.54, 1.807) is 18.6 Å². The van der Waals surface area contributed by atoms with Crippen molar-refractivity contribution in [2.45, 2.75) is 25.8 Å². The van der Waals surface area contributed by atoms with E-state index in [0.717, 1.165) is 35.6 Å². The molecule has 0 aromatic carbocycles. The minimum atomic E-state index is 0.0844. The maximum absolute atomic E-state index is 5.97. The van der Waals surface area contributed by atoms with Crippen LogP contribution >= 0.6 is 0 Å². The van der Waals surface area contributed by atoms with Gasteiger partial charge in [0.1, 0.15) is 5.69 Å². The fourth-order valence-electron chi connectivity index (χ4n) is 2.80. The first kappa shape index (κ1) is 14.9. The van der Waals surface area contributed by atoms with Gasteiger partial charge < -0.3 is 10.1 Å². The molecule has 0 bridgehead atoms. The van der Waals surface area contributed by atoms with E-state index in [-0.39, 0.29) is 6.10 Å². The van der Waals surface area contributed by atoms with Gasteiger partial charge in [-0.3, -0.25) is 9.97 Å². The highest BCUT2D eigenvalue weighted by Gasteiger charge is 2.24. The molecule has 1 aliphatic rings. The number of aromatic nitrogens is 5. The SMILES string of the molecule is c1cncc(CNC[C@H]2Cn3nnc(-c4ccncc4)c3CO2)c1. The Morgan fingerprint density at radius 2 is 2.08 bits per heavy atom. The average molecular weight is 322 g/mol. The van der Waals surface area contributed by atoms with Crippen molar-refractivity contribution in [2.24, 2.45) is 0 Å². The fraction of sp³-hybridized carbons (Fsp3) is 0.294. The molecule has 1 aliphatic heterocycles. The van der Waals surface area contributed by atoms with E-state index in [2.05, 4.69) is 31.7 Å². The molecule has 1 N–H and O–H groups in total. The van der Waals surface area contributed by atoms with Crippen molar-refractivity contribution in [3.05, 3.63) is 60.3 Å². The van der Waals surface area contributed by atoms with Crippen LogP contribution in [0.25, 0.3) is 11.3 Å². The van der Waals surface area contributed by atoms with Gasteiger partial charge in [0, 0.05) is 43.4 Å². The number of fused-ring (bicyclic) bond motifs is 1. The van der Waals surface area contributed by atoms with E-state index in [0.29, 0.717) is 13.2 Å². The molecule has 0 spiro atoms. The Morgan fingerprint density at radius 3 is 2.92 bits per heavy atom. The van der Waals surface area contributed by atoms with Crippen LogP contribution in [-0.4, -0.2) is 37.6 Å². The summed E-state index contributed by atoms with van der Waals surface area (Å²) in [6.45, 7) is 2.76. The Hall–Kier alpha value is -2.64. The molecule has 1 atom stereocenters. The summed E-state index contributed by atoms with van der Waals surface area (Å²) in [5.74, 6) is 0. The molecular weight excluding hydrogens is 304 g/mol. The van der Waals surface area contributed by atoms with Crippen LogP contribution in [0, 0.1) is 0 Å². The summed E-state index contributed by atoms with van der Waals surface area (Å²) in [5, 5.41) is 12.0. The Balaban J connectivity index is 1.37. The zero-order chi connectivity index (χ0) is 16.2. The van der Waals surface area contributed by atoms with Gasteiger partial charge in [0.2, 0.25) is 0 Å². The molecule has 0 amide bonds. The van der Waals surface area contributed by atoms with Gasteiger partial charge >= 0.3 is 0 Å². The lowest BCUT2D eigenvalue weighted by Gasteiger charge is -2.24. The number of hydrogen-bond acceptors (Lipinski definition) is 6. The largest absolute Gasteiger partial charge is 0.369 e. The molecule has 7 heteroatoms. The van der Waals surface area contributed by atoms with Gasteiger partial charge in [-0.25, -0.2) is 4.68 Å². The van der Waals surface area contributed by atoms with Gasteiger partial charge in [0.15, 0.2) is 0 Å². The number of nitrogens with one attached hydrogen (secondary N) is 1. The highest BCUT2D eigenvalue weighted by atomic mass is 16.5. The minimum Gasteiger partial charge on any atom is -0.369 e. The lowest BCUT2D eigenvalue weighted by atomic mass is 10.1. The zero-order valence-corrected chi connectivity index (χ0v) is 13.2. The molecule has 3 aromatic rings. The molecular formula is C17H18N6O. The van der Waals surface area contributed by atoms with Crippen LogP contribution in [-0.2, 0) is 24.4 Å². The quantitative estimate of drug-likeness (QED) is 0.765. The first-order valence-corrected chi connectivity index (χ1v) is 7.94. The second-order valence-electron chi connectivity index (χ2n) is 5.73. The van der Waals surface area contributed by atoms with Crippen LogP contribution in [0.15, 0.2) is 49.1 Å². The van der Waals surface area contributed by atoms with Crippen LogP contribution < -0.4 is 5.32 Å². The molecule has 24 heavy (non-hydrogen) atoms. The third kappa shape index (κ3) is 3.17. The molecule has 0 saturated carbocycles. The van der Waals surface area contributed by atoms with Crippen LogP contribution in [0.2, 0.25) is 0 Å². The summed E-state index contributed by atoms with van der Waals surface area (Å²) >= 11 is 0. The summed E-state index contributed by atoms with van der Waals surface area (Å²) in [6.07, 6.45) is 7.25. The van der Waals surface area contributed by atoms with Crippen molar-refractivity contribution < 1.29 is 4.74 Å². The lowest BCUT2D eigenvalue weighted by molar-refractivity contribution is 0.00125. The minimum absolute atomic E-state index is 0.0844. The Morgan fingerprint density at radius 1 is 1.17 bits per heavy atom. The smallest absolute Gasteiger partial charge is 0.118 e. The van der Waals surface area contributed by atoms with E-state index in [1.165, 1.54) is 0 Å². The van der Waals surface area contributed by atoms with Crippen LogP contribution in [0.3, 0.4) is 0 Å². The van der Waals surface area contributed by atoms with Crippen molar-refractivity contribution >= 4 is 0 Å². The standard InChI is InChI=1S/C17H18N6O/c1-2-13(8-19-5-1)9-20-10-15-11-23-16(12-24-15)17(21-22-23)14-3-6-18-7-4-14/h1-8,15,20H,9-12H2/t15-/m0/s1. The van der Waals surface area contributed by atoms with E-state index < -0.39 is 0 Å². The first-order chi connectivity index (χ1) is 11.9. The third-order valence-electron chi connectivity index (χ3n) is 4.05. The van der Waals surface area contributed by atoms with Crippen molar-refractivity contribution in [3.63, 3.8) is 0 Å². The third-order valence-corrected chi connectivity index (χ3v) is 4.05. The Bertz CT molecular complexity index is 789. The second kappa shape index (κ2) is 6.86. The molecule has 4 heterocycles. The molecule has 0 saturated heterocycles. The molecule has 0 aliphatic carbocycles. The van der Waals surface area contributed by atoms with Gasteiger partial charge in [0.25, 0.3) is 0 Å². The Labute approximate surface area is 139 Å². The summed E-state index contributed by atoms with van der Waals surface area (Å²) in [4.78, 5) is 8.15. The monoisotopic (exact) mass is 322 g/mol. The number of nitrogens with zero attached hydrogens (tertiary/aromatic N) is 5. The number of pyridine rings is 2. The zero-order valence-electron chi connectivity index (χ0n) is 13.2. The normalized spacial score (nSPS) is 16.8. The number of rotatable bonds is 5. The van der Waals surface area contributed by atoms with Gasteiger partial charge in [-0.05, 0) is 23.8 Å². The number of ether oxygens (including phenoxy) is 1. The predicted molar refractivity (Wildman–Crippen MR) is 87.8 cm³/mol. The summed E-state index contributed by atoms with van der Waals surface area (Å²) in [6, 6.07) is 7.87. The molecule has 0 unspecified atom stereocenters. The molecule has 0 fully saturated rings. The van der Waals surface area contributed by atoms with E-state index in [9.17, 15) is 0 Å². The van der Waals surface area contributed by atoms with Crippen LogP contribution in [0.5, 0.6) is 0 Å². The highest BCUT2D eigenvalue weighted by molar-refractivity contribution is 5.60.